The van der Waals surface area contributed by atoms with Crippen molar-refractivity contribution in [2.45, 2.75) is 37.5 Å². The molecule has 0 radical (unpaired) electrons. The van der Waals surface area contributed by atoms with Gasteiger partial charge in [-0.25, -0.2) is 0 Å². The van der Waals surface area contributed by atoms with Crippen LogP contribution >= 0.6 is 0 Å². The van der Waals surface area contributed by atoms with Crippen LogP contribution in [0.25, 0.3) is 0 Å². The minimum Gasteiger partial charge on any atom is -0.495 e. The summed E-state index contributed by atoms with van der Waals surface area (Å²) < 4.78 is 10.9. The van der Waals surface area contributed by atoms with Crippen LogP contribution < -0.4 is 20.9 Å². The van der Waals surface area contributed by atoms with Gasteiger partial charge in [0.25, 0.3) is 0 Å². The van der Waals surface area contributed by atoms with Crippen molar-refractivity contribution in [3.8, 4) is 11.5 Å². The Morgan fingerprint density at radius 2 is 1.21 bits per heavy atom. The maximum atomic E-state index is 6.47. The molecule has 24 heavy (non-hydrogen) atoms. The number of hydrogen-bond donors (Lipinski definition) is 2. The number of hydrogen-bond acceptors (Lipinski definition) is 4. The number of methoxy groups -OCH3 is 2. The number of para-hydroxylation sites is 2. The van der Waals surface area contributed by atoms with E-state index in [1.807, 2.05) is 24.3 Å². The van der Waals surface area contributed by atoms with Gasteiger partial charge in [0.2, 0.25) is 0 Å². The van der Waals surface area contributed by atoms with Crippen LogP contribution in [0.3, 0.4) is 0 Å². The third kappa shape index (κ3) is 2.56. The predicted octanol–water partition coefficient (Wildman–Crippen LogP) is 4.12. The molecule has 2 aromatic rings. The highest BCUT2D eigenvalue weighted by molar-refractivity contribution is 5.69. The lowest BCUT2D eigenvalue weighted by Gasteiger charge is -2.40. The average Bonchev–Trinajstić information content (AvgIpc) is 2.62. The Labute approximate surface area is 143 Å². The van der Waals surface area contributed by atoms with Gasteiger partial charge in [0.15, 0.2) is 0 Å². The topological polar surface area (TPSA) is 70.5 Å². The summed E-state index contributed by atoms with van der Waals surface area (Å²) in [6.45, 7) is 0. The van der Waals surface area contributed by atoms with Crippen LogP contribution in [0.15, 0.2) is 36.4 Å². The zero-order valence-electron chi connectivity index (χ0n) is 14.5. The normalized spacial score (nSPS) is 16.6. The van der Waals surface area contributed by atoms with Crippen LogP contribution in [-0.2, 0) is 5.41 Å². The molecular formula is C20H26N2O2. The van der Waals surface area contributed by atoms with Crippen LogP contribution in [0, 0.1) is 0 Å². The lowest BCUT2D eigenvalue weighted by molar-refractivity contribution is 0.344. The molecular weight excluding hydrogens is 300 g/mol. The van der Waals surface area contributed by atoms with Crippen molar-refractivity contribution in [3.63, 3.8) is 0 Å². The molecule has 0 bridgehead atoms. The van der Waals surface area contributed by atoms with E-state index in [2.05, 4.69) is 12.1 Å². The van der Waals surface area contributed by atoms with Crippen LogP contribution in [0.4, 0.5) is 11.4 Å². The van der Waals surface area contributed by atoms with Gasteiger partial charge in [-0.1, -0.05) is 43.5 Å². The highest BCUT2D eigenvalue weighted by Gasteiger charge is 2.39. The average molecular weight is 326 g/mol. The number of rotatable bonds is 4. The van der Waals surface area contributed by atoms with E-state index >= 15 is 0 Å². The zero-order valence-corrected chi connectivity index (χ0v) is 14.5. The Morgan fingerprint density at radius 1 is 0.750 bits per heavy atom. The van der Waals surface area contributed by atoms with Gasteiger partial charge in [0.1, 0.15) is 11.5 Å². The quantitative estimate of drug-likeness (QED) is 0.829. The Bertz CT molecular complexity index is 666. The number of ether oxygens (including phenoxy) is 2. The molecule has 0 aliphatic heterocycles. The van der Waals surface area contributed by atoms with Crippen LogP contribution in [0.1, 0.15) is 43.2 Å². The number of nitrogen functional groups attached to an aromatic ring is 2. The lowest BCUT2D eigenvalue weighted by atomic mass is 9.64. The van der Waals surface area contributed by atoms with E-state index in [0.29, 0.717) is 11.4 Å². The predicted molar refractivity (Wildman–Crippen MR) is 98.7 cm³/mol. The standard InChI is InChI=1S/C20H26N2O2/c1-23-16-10-6-8-14(18(16)21)20(12-4-3-5-13-20)15-9-7-11-17(24-2)19(15)22/h6-11H,3-5,12-13,21-22H2,1-2H3. The number of anilines is 2. The molecule has 4 heteroatoms. The van der Waals surface area contributed by atoms with Crippen molar-refractivity contribution in [3.05, 3.63) is 47.5 Å². The largest absolute Gasteiger partial charge is 0.495 e. The fraction of sp³-hybridized carbons (Fsp3) is 0.400. The van der Waals surface area contributed by atoms with Crippen molar-refractivity contribution in [1.82, 2.24) is 0 Å². The van der Waals surface area contributed by atoms with E-state index in [0.717, 1.165) is 48.3 Å². The first-order valence-electron chi connectivity index (χ1n) is 8.50. The second-order valence-electron chi connectivity index (χ2n) is 6.49. The van der Waals surface area contributed by atoms with Gasteiger partial charge < -0.3 is 20.9 Å². The molecule has 0 amide bonds. The Balaban J connectivity index is 2.24. The van der Waals surface area contributed by atoms with Gasteiger partial charge in [-0.05, 0) is 36.1 Å². The molecule has 128 valence electrons. The Morgan fingerprint density at radius 3 is 1.62 bits per heavy atom. The summed E-state index contributed by atoms with van der Waals surface area (Å²) in [5, 5.41) is 0. The maximum absolute atomic E-state index is 6.47. The molecule has 3 rings (SSSR count). The molecule has 1 aliphatic carbocycles. The summed E-state index contributed by atoms with van der Waals surface area (Å²) in [6.07, 6.45) is 5.62. The van der Waals surface area contributed by atoms with Gasteiger partial charge in [-0.2, -0.15) is 0 Å². The summed E-state index contributed by atoms with van der Waals surface area (Å²) in [5.41, 5.74) is 16.4. The summed E-state index contributed by atoms with van der Waals surface area (Å²) in [4.78, 5) is 0. The molecule has 0 aromatic heterocycles. The number of benzene rings is 2. The highest BCUT2D eigenvalue weighted by Crippen LogP contribution is 2.51. The van der Waals surface area contributed by atoms with E-state index in [1.54, 1.807) is 14.2 Å². The van der Waals surface area contributed by atoms with Gasteiger partial charge in [-0.3, -0.25) is 0 Å². The van der Waals surface area contributed by atoms with E-state index in [-0.39, 0.29) is 5.41 Å². The fourth-order valence-electron chi connectivity index (χ4n) is 4.12. The first-order chi connectivity index (χ1) is 11.6. The van der Waals surface area contributed by atoms with Crippen molar-refractivity contribution in [2.75, 3.05) is 25.7 Å². The van der Waals surface area contributed by atoms with Gasteiger partial charge in [0, 0.05) is 5.41 Å². The lowest BCUT2D eigenvalue weighted by Crippen LogP contribution is -2.32. The van der Waals surface area contributed by atoms with Crippen molar-refractivity contribution >= 4 is 11.4 Å². The Kier molecular flexibility index (Phi) is 4.56. The molecule has 0 heterocycles. The van der Waals surface area contributed by atoms with Crippen LogP contribution in [0.2, 0.25) is 0 Å². The molecule has 1 fully saturated rings. The molecule has 0 unspecified atom stereocenters. The molecule has 1 aliphatic rings. The molecule has 1 saturated carbocycles. The zero-order chi connectivity index (χ0) is 17.2. The van der Waals surface area contributed by atoms with Gasteiger partial charge >= 0.3 is 0 Å². The van der Waals surface area contributed by atoms with E-state index in [1.165, 1.54) is 6.42 Å². The second-order valence-corrected chi connectivity index (χ2v) is 6.49. The van der Waals surface area contributed by atoms with E-state index in [4.69, 9.17) is 20.9 Å². The maximum Gasteiger partial charge on any atom is 0.142 e. The third-order valence-electron chi connectivity index (χ3n) is 5.31. The summed E-state index contributed by atoms with van der Waals surface area (Å²) in [5.74, 6) is 1.44. The molecule has 4 nitrogen and oxygen atoms in total. The fourth-order valence-corrected chi connectivity index (χ4v) is 4.12. The summed E-state index contributed by atoms with van der Waals surface area (Å²) >= 11 is 0. The van der Waals surface area contributed by atoms with Crippen LogP contribution in [-0.4, -0.2) is 14.2 Å². The van der Waals surface area contributed by atoms with Gasteiger partial charge in [0.05, 0.1) is 25.6 Å². The minimum absolute atomic E-state index is 0.185. The van der Waals surface area contributed by atoms with E-state index < -0.39 is 0 Å². The number of nitrogens with two attached hydrogens (primary N) is 2. The molecule has 2 aromatic carbocycles. The first-order valence-corrected chi connectivity index (χ1v) is 8.50. The third-order valence-corrected chi connectivity index (χ3v) is 5.31. The first kappa shape index (κ1) is 16.5. The monoisotopic (exact) mass is 326 g/mol. The van der Waals surface area contributed by atoms with Crippen molar-refractivity contribution in [1.29, 1.82) is 0 Å². The summed E-state index contributed by atoms with van der Waals surface area (Å²) in [7, 11) is 3.31. The second kappa shape index (κ2) is 6.63. The minimum atomic E-state index is -0.185. The van der Waals surface area contributed by atoms with Crippen LogP contribution in [0.5, 0.6) is 11.5 Å². The Hall–Kier alpha value is -2.36. The molecule has 0 spiro atoms. The van der Waals surface area contributed by atoms with Crippen molar-refractivity contribution in [2.24, 2.45) is 0 Å². The van der Waals surface area contributed by atoms with Gasteiger partial charge in [-0.15, -0.1) is 0 Å². The molecule has 0 atom stereocenters. The molecule has 0 saturated heterocycles. The SMILES string of the molecule is COc1cccc(C2(c3cccc(OC)c3N)CCCCC2)c1N. The van der Waals surface area contributed by atoms with Crippen molar-refractivity contribution < 1.29 is 9.47 Å². The smallest absolute Gasteiger partial charge is 0.142 e. The molecule has 4 N–H and O–H groups in total. The van der Waals surface area contributed by atoms with E-state index in [9.17, 15) is 0 Å². The highest BCUT2D eigenvalue weighted by atomic mass is 16.5. The summed E-state index contributed by atoms with van der Waals surface area (Å²) in [6, 6.07) is 12.1.